The van der Waals surface area contributed by atoms with E-state index in [-0.39, 0.29) is 0 Å². The van der Waals surface area contributed by atoms with Crippen molar-refractivity contribution in [2.45, 2.75) is 6.92 Å². The summed E-state index contributed by atoms with van der Waals surface area (Å²) in [4.78, 5) is 7.91. The summed E-state index contributed by atoms with van der Waals surface area (Å²) in [5, 5.41) is 3.15. The van der Waals surface area contributed by atoms with E-state index in [2.05, 4.69) is 31.2 Å². The van der Waals surface area contributed by atoms with E-state index in [4.69, 9.17) is 5.73 Å². The molecule has 1 aromatic heterocycles. The minimum absolute atomic E-state index is 0.528. The number of hydrogen-bond acceptors (Lipinski definition) is 4. The van der Waals surface area contributed by atoms with Crippen molar-refractivity contribution in [1.82, 2.24) is 9.97 Å². The lowest BCUT2D eigenvalue weighted by Gasteiger charge is -2.08. The predicted octanol–water partition coefficient (Wildman–Crippen LogP) is 2.87. The van der Waals surface area contributed by atoms with Crippen LogP contribution in [0.25, 0.3) is 0 Å². The fraction of sp³-hybridized carbons (Fsp3) is 0.0909. The van der Waals surface area contributed by atoms with E-state index in [0.29, 0.717) is 11.5 Å². The Kier molecular flexibility index (Phi) is 3.05. The summed E-state index contributed by atoms with van der Waals surface area (Å²) < 4.78 is 1.02. The summed E-state index contributed by atoms with van der Waals surface area (Å²) >= 11 is 3.44. The van der Waals surface area contributed by atoms with Crippen LogP contribution in [0, 0.1) is 6.92 Å². The highest BCUT2D eigenvalue weighted by Crippen LogP contribution is 2.23. The molecule has 0 aliphatic rings. The third kappa shape index (κ3) is 2.49. The standard InChI is InChI=1S/C11H11BrN4/c1-7-2-8(12)4-9(3-7)16-11-10(13)5-14-6-15-11/h2-6H,13H2,1H3,(H,14,15,16). The second-order valence-electron chi connectivity index (χ2n) is 3.47. The molecule has 0 atom stereocenters. The van der Waals surface area contributed by atoms with Crippen LogP contribution in [0.4, 0.5) is 17.2 Å². The van der Waals surface area contributed by atoms with Gasteiger partial charge in [-0.05, 0) is 30.7 Å². The third-order valence-electron chi connectivity index (χ3n) is 2.05. The molecule has 4 nitrogen and oxygen atoms in total. The minimum Gasteiger partial charge on any atom is -0.394 e. The summed E-state index contributed by atoms with van der Waals surface area (Å²) in [6, 6.07) is 6.02. The number of benzene rings is 1. The second-order valence-corrected chi connectivity index (χ2v) is 4.38. The fourth-order valence-corrected chi connectivity index (χ4v) is 2.00. The van der Waals surface area contributed by atoms with Crippen molar-refractivity contribution in [3.05, 3.63) is 40.8 Å². The van der Waals surface area contributed by atoms with Crippen molar-refractivity contribution in [1.29, 1.82) is 0 Å². The lowest BCUT2D eigenvalue weighted by Crippen LogP contribution is -1.99. The fourth-order valence-electron chi connectivity index (χ4n) is 1.39. The molecule has 0 amide bonds. The van der Waals surface area contributed by atoms with Crippen LogP contribution < -0.4 is 11.1 Å². The predicted molar refractivity (Wildman–Crippen MR) is 68.6 cm³/mol. The normalized spacial score (nSPS) is 10.1. The second kappa shape index (κ2) is 4.49. The first-order valence-electron chi connectivity index (χ1n) is 4.75. The van der Waals surface area contributed by atoms with Crippen LogP contribution in [0.2, 0.25) is 0 Å². The first kappa shape index (κ1) is 10.9. The molecule has 2 aromatic rings. The maximum Gasteiger partial charge on any atom is 0.157 e. The van der Waals surface area contributed by atoms with Crippen LogP contribution >= 0.6 is 15.9 Å². The summed E-state index contributed by atoms with van der Waals surface area (Å²) in [6.07, 6.45) is 3.03. The number of nitrogens with zero attached hydrogens (tertiary/aromatic N) is 2. The highest BCUT2D eigenvalue weighted by atomic mass is 79.9. The quantitative estimate of drug-likeness (QED) is 0.887. The van der Waals surface area contributed by atoms with Crippen molar-refractivity contribution in [2.24, 2.45) is 0 Å². The van der Waals surface area contributed by atoms with Gasteiger partial charge in [0.25, 0.3) is 0 Å². The first-order valence-corrected chi connectivity index (χ1v) is 5.54. The molecule has 0 aliphatic heterocycles. The molecule has 82 valence electrons. The van der Waals surface area contributed by atoms with E-state index in [9.17, 15) is 0 Å². The Hall–Kier alpha value is -1.62. The minimum atomic E-state index is 0.528. The molecule has 0 saturated heterocycles. The van der Waals surface area contributed by atoms with Gasteiger partial charge < -0.3 is 11.1 Å². The van der Waals surface area contributed by atoms with Crippen molar-refractivity contribution in [3.8, 4) is 0 Å². The van der Waals surface area contributed by atoms with Gasteiger partial charge in [0.15, 0.2) is 5.82 Å². The average molecular weight is 279 g/mol. The molecule has 1 heterocycles. The maximum absolute atomic E-state index is 5.75. The molecular formula is C11H11BrN4. The van der Waals surface area contributed by atoms with Gasteiger partial charge in [0.2, 0.25) is 0 Å². The average Bonchev–Trinajstić information content (AvgIpc) is 2.20. The van der Waals surface area contributed by atoms with Crippen LogP contribution in [0.3, 0.4) is 0 Å². The van der Waals surface area contributed by atoms with Crippen molar-refractivity contribution < 1.29 is 0 Å². The number of nitrogens with one attached hydrogen (secondary N) is 1. The van der Waals surface area contributed by atoms with Gasteiger partial charge in [-0.15, -0.1) is 0 Å². The zero-order valence-corrected chi connectivity index (χ0v) is 10.3. The molecule has 0 spiro atoms. The van der Waals surface area contributed by atoms with Crippen LogP contribution in [-0.4, -0.2) is 9.97 Å². The van der Waals surface area contributed by atoms with E-state index in [0.717, 1.165) is 15.7 Å². The number of nitrogens with two attached hydrogens (primary N) is 1. The molecule has 16 heavy (non-hydrogen) atoms. The maximum atomic E-state index is 5.75. The van der Waals surface area contributed by atoms with E-state index < -0.39 is 0 Å². The smallest absolute Gasteiger partial charge is 0.157 e. The van der Waals surface area contributed by atoms with Gasteiger partial charge in [0.1, 0.15) is 6.33 Å². The topological polar surface area (TPSA) is 63.8 Å². The number of aryl methyl sites for hydroxylation is 1. The molecular weight excluding hydrogens is 268 g/mol. The molecule has 0 aliphatic carbocycles. The van der Waals surface area contributed by atoms with E-state index in [1.54, 1.807) is 6.20 Å². The lowest BCUT2D eigenvalue weighted by molar-refractivity contribution is 1.17. The molecule has 0 saturated carbocycles. The summed E-state index contributed by atoms with van der Waals surface area (Å²) in [6.45, 7) is 2.03. The zero-order valence-electron chi connectivity index (χ0n) is 8.74. The highest BCUT2D eigenvalue weighted by Gasteiger charge is 2.01. The zero-order chi connectivity index (χ0) is 11.5. The Bertz CT molecular complexity index is 493. The van der Waals surface area contributed by atoms with Crippen molar-refractivity contribution >= 4 is 33.1 Å². The van der Waals surface area contributed by atoms with Gasteiger partial charge in [-0.2, -0.15) is 0 Å². The van der Waals surface area contributed by atoms with E-state index >= 15 is 0 Å². The molecule has 0 fully saturated rings. The highest BCUT2D eigenvalue weighted by molar-refractivity contribution is 9.10. The number of hydrogen-bond donors (Lipinski definition) is 2. The SMILES string of the molecule is Cc1cc(Br)cc(Nc2ncncc2N)c1. The number of rotatable bonds is 2. The van der Waals surface area contributed by atoms with Crippen LogP contribution in [0.5, 0.6) is 0 Å². The first-order chi connectivity index (χ1) is 7.65. The molecule has 0 unspecified atom stereocenters. The van der Waals surface area contributed by atoms with E-state index in [1.807, 2.05) is 25.1 Å². The Morgan fingerprint density at radius 3 is 2.81 bits per heavy atom. The Labute approximate surface area is 102 Å². The van der Waals surface area contributed by atoms with Gasteiger partial charge >= 0.3 is 0 Å². The van der Waals surface area contributed by atoms with Gasteiger partial charge in [-0.25, -0.2) is 9.97 Å². The Balaban J connectivity index is 2.30. The van der Waals surface area contributed by atoms with E-state index in [1.165, 1.54) is 6.33 Å². The lowest BCUT2D eigenvalue weighted by atomic mass is 10.2. The van der Waals surface area contributed by atoms with Crippen LogP contribution in [0.15, 0.2) is 35.2 Å². The molecule has 2 rings (SSSR count). The summed E-state index contributed by atoms with van der Waals surface area (Å²) in [5.41, 5.74) is 8.37. The molecule has 0 bridgehead atoms. The van der Waals surface area contributed by atoms with Crippen molar-refractivity contribution in [3.63, 3.8) is 0 Å². The van der Waals surface area contributed by atoms with Gasteiger partial charge in [-0.1, -0.05) is 15.9 Å². The Morgan fingerprint density at radius 1 is 1.31 bits per heavy atom. The van der Waals surface area contributed by atoms with Gasteiger partial charge in [0, 0.05) is 10.2 Å². The monoisotopic (exact) mass is 278 g/mol. The van der Waals surface area contributed by atoms with Crippen LogP contribution in [-0.2, 0) is 0 Å². The van der Waals surface area contributed by atoms with Crippen LogP contribution in [0.1, 0.15) is 5.56 Å². The van der Waals surface area contributed by atoms with Gasteiger partial charge in [-0.3, -0.25) is 0 Å². The Morgan fingerprint density at radius 2 is 2.12 bits per heavy atom. The summed E-state index contributed by atoms with van der Waals surface area (Å²) in [5.74, 6) is 0.618. The molecule has 0 radical (unpaired) electrons. The molecule has 5 heteroatoms. The number of halogens is 1. The molecule has 3 N–H and O–H groups in total. The largest absolute Gasteiger partial charge is 0.394 e. The summed E-state index contributed by atoms with van der Waals surface area (Å²) in [7, 11) is 0. The molecule has 1 aromatic carbocycles. The number of aromatic nitrogens is 2. The van der Waals surface area contributed by atoms with Crippen molar-refractivity contribution in [2.75, 3.05) is 11.1 Å². The number of nitrogen functional groups attached to an aromatic ring is 1. The number of anilines is 3. The third-order valence-corrected chi connectivity index (χ3v) is 2.50. The van der Waals surface area contributed by atoms with Gasteiger partial charge in [0.05, 0.1) is 11.9 Å².